The lowest BCUT2D eigenvalue weighted by molar-refractivity contribution is -0.115. The molecule has 0 aromatic carbocycles. The van der Waals surface area contributed by atoms with Gasteiger partial charge in [0.05, 0.1) is 18.8 Å². The van der Waals surface area contributed by atoms with Gasteiger partial charge >= 0.3 is 5.97 Å². The van der Waals surface area contributed by atoms with Crippen molar-refractivity contribution in [1.82, 2.24) is 35.2 Å². The van der Waals surface area contributed by atoms with E-state index in [1.165, 1.54) is 6.20 Å². The highest BCUT2D eigenvalue weighted by molar-refractivity contribution is 5.90. The minimum atomic E-state index is -1.21. The van der Waals surface area contributed by atoms with E-state index in [1.807, 2.05) is 0 Å². The van der Waals surface area contributed by atoms with Crippen molar-refractivity contribution in [2.45, 2.75) is 6.42 Å². The molecule has 0 saturated heterocycles. The molecule has 0 bridgehead atoms. The summed E-state index contributed by atoms with van der Waals surface area (Å²) in [7, 11) is 0. The Hall–Kier alpha value is -3.63. The van der Waals surface area contributed by atoms with Gasteiger partial charge in [0.1, 0.15) is 0 Å². The zero-order valence-corrected chi connectivity index (χ0v) is 11.6. The smallest absolute Gasteiger partial charge is 0.358 e. The molecule has 0 saturated carbocycles. The second kappa shape index (κ2) is 6.01. The molecular weight excluding hydrogens is 304 g/mol. The fourth-order valence-corrected chi connectivity index (χ4v) is 1.72. The van der Waals surface area contributed by atoms with Crippen molar-refractivity contribution in [2.24, 2.45) is 0 Å². The van der Waals surface area contributed by atoms with Gasteiger partial charge in [-0.25, -0.2) is 4.79 Å². The number of carbonyl (C=O) groups is 2. The van der Waals surface area contributed by atoms with E-state index in [4.69, 9.17) is 5.11 Å². The zero-order chi connectivity index (χ0) is 16.2. The van der Waals surface area contributed by atoms with Crippen molar-refractivity contribution in [1.29, 1.82) is 0 Å². The van der Waals surface area contributed by atoms with Gasteiger partial charge in [-0.05, 0) is 22.6 Å². The molecule has 23 heavy (non-hydrogen) atoms. The van der Waals surface area contributed by atoms with Crippen LogP contribution in [0.3, 0.4) is 0 Å². The summed E-state index contributed by atoms with van der Waals surface area (Å²) in [6.45, 7) is 0. The number of carbonyl (C=O) groups excluding carboxylic acids is 1. The average Bonchev–Trinajstić information content (AvgIpc) is 3.16. The summed E-state index contributed by atoms with van der Waals surface area (Å²) in [5, 5.41) is 25.9. The van der Waals surface area contributed by atoms with Crippen LogP contribution in [0.15, 0.2) is 36.8 Å². The minimum Gasteiger partial charge on any atom is -0.476 e. The van der Waals surface area contributed by atoms with Crippen LogP contribution in [0.5, 0.6) is 0 Å². The highest BCUT2D eigenvalue weighted by Gasteiger charge is 2.12. The lowest BCUT2D eigenvalue weighted by atomic mass is 10.2. The Morgan fingerprint density at radius 2 is 1.91 bits per heavy atom. The Morgan fingerprint density at radius 3 is 2.61 bits per heavy atom. The summed E-state index contributed by atoms with van der Waals surface area (Å²) in [6.07, 6.45) is 4.23. The molecule has 0 aliphatic rings. The fraction of sp³-hybridized carbons (Fsp3) is 0.0833. The Morgan fingerprint density at radius 1 is 1.13 bits per heavy atom. The summed E-state index contributed by atoms with van der Waals surface area (Å²) in [6, 6.07) is 5.28. The van der Waals surface area contributed by atoms with Gasteiger partial charge in [-0.15, -0.1) is 19.8 Å². The number of nitrogens with one attached hydrogen (secondary N) is 1. The van der Waals surface area contributed by atoms with Crippen molar-refractivity contribution < 1.29 is 14.7 Å². The van der Waals surface area contributed by atoms with Gasteiger partial charge in [-0.3, -0.25) is 9.78 Å². The van der Waals surface area contributed by atoms with E-state index in [0.717, 1.165) is 15.8 Å². The topological polar surface area (TPSA) is 141 Å². The minimum absolute atomic E-state index is 0.0974. The summed E-state index contributed by atoms with van der Waals surface area (Å²) in [5.74, 6) is -1.32. The third-order valence-corrected chi connectivity index (χ3v) is 2.73. The second-order valence-corrected chi connectivity index (χ2v) is 4.40. The number of carboxylic acid groups (broad SMARTS) is 1. The highest BCUT2D eigenvalue weighted by atomic mass is 16.4. The first-order chi connectivity index (χ1) is 11.1. The maximum absolute atomic E-state index is 11.9. The maximum Gasteiger partial charge on any atom is 0.358 e. The van der Waals surface area contributed by atoms with Gasteiger partial charge in [0, 0.05) is 11.9 Å². The molecule has 0 spiro atoms. The van der Waals surface area contributed by atoms with E-state index in [0.29, 0.717) is 5.69 Å². The molecule has 11 nitrogen and oxygen atoms in total. The van der Waals surface area contributed by atoms with Crippen LogP contribution in [0.4, 0.5) is 5.82 Å². The second-order valence-electron chi connectivity index (χ2n) is 4.40. The van der Waals surface area contributed by atoms with E-state index >= 15 is 0 Å². The maximum atomic E-state index is 11.9. The summed E-state index contributed by atoms with van der Waals surface area (Å²) < 4.78 is 0. The molecule has 116 valence electrons. The van der Waals surface area contributed by atoms with Crippen LogP contribution in [-0.2, 0) is 11.2 Å². The molecule has 3 aromatic heterocycles. The Kier molecular flexibility index (Phi) is 3.74. The fourth-order valence-electron chi connectivity index (χ4n) is 1.72. The van der Waals surface area contributed by atoms with Crippen molar-refractivity contribution in [3.8, 4) is 0 Å². The summed E-state index contributed by atoms with van der Waals surface area (Å²) in [4.78, 5) is 28.9. The van der Waals surface area contributed by atoms with Gasteiger partial charge in [0.2, 0.25) is 5.91 Å². The van der Waals surface area contributed by atoms with E-state index in [2.05, 4.69) is 30.9 Å². The van der Waals surface area contributed by atoms with E-state index in [1.54, 1.807) is 24.4 Å². The number of pyridine rings is 1. The SMILES string of the molecule is O=C(Cc1ccccn1)Nc1cn(-n2cc(C(=O)O)nn2)nn1. The number of amides is 1. The molecule has 0 atom stereocenters. The number of rotatable bonds is 5. The first-order valence-electron chi connectivity index (χ1n) is 6.40. The van der Waals surface area contributed by atoms with Crippen molar-refractivity contribution in [3.63, 3.8) is 0 Å². The van der Waals surface area contributed by atoms with Crippen LogP contribution in [0.1, 0.15) is 16.2 Å². The molecule has 11 heteroatoms. The molecule has 1 amide bonds. The number of carboxylic acids is 1. The zero-order valence-electron chi connectivity index (χ0n) is 11.6. The predicted octanol–water partition coefficient (Wildman–Crippen LogP) is -0.545. The highest BCUT2D eigenvalue weighted by Crippen LogP contribution is 2.03. The number of aromatic nitrogens is 7. The lowest BCUT2D eigenvalue weighted by Gasteiger charge is -2.00. The largest absolute Gasteiger partial charge is 0.476 e. The van der Waals surface area contributed by atoms with Gasteiger partial charge in [-0.2, -0.15) is 0 Å². The molecule has 2 N–H and O–H groups in total. The van der Waals surface area contributed by atoms with Crippen molar-refractivity contribution >= 4 is 17.7 Å². The molecule has 0 aliphatic heterocycles. The quantitative estimate of drug-likeness (QED) is 0.639. The Bertz CT molecular complexity index is 841. The van der Waals surface area contributed by atoms with Gasteiger partial charge in [0.15, 0.2) is 11.5 Å². The number of aromatic carboxylic acids is 1. The van der Waals surface area contributed by atoms with Crippen LogP contribution in [-0.4, -0.2) is 52.2 Å². The first kappa shape index (κ1) is 14.3. The molecule has 3 aromatic rings. The third kappa shape index (κ3) is 3.34. The Balaban J connectivity index is 1.67. The molecule has 3 heterocycles. The third-order valence-electron chi connectivity index (χ3n) is 2.73. The Labute approximate surface area is 128 Å². The molecule has 0 fully saturated rings. The first-order valence-corrected chi connectivity index (χ1v) is 6.40. The average molecular weight is 314 g/mol. The van der Waals surface area contributed by atoms with Crippen LogP contribution in [0.2, 0.25) is 0 Å². The predicted molar refractivity (Wildman–Crippen MR) is 74.4 cm³/mol. The van der Waals surface area contributed by atoms with Crippen LogP contribution >= 0.6 is 0 Å². The van der Waals surface area contributed by atoms with Gasteiger partial charge in [-0.1, -0.05) is 6.07 Å². The molecule has 0 aliphatic carbocycles. The van der Waals surface area contributed by atoms with Crippen LogP contribution in [0, 0.1) is 0 Å². The van der Waals surface area contributed by atoms with Gasteiger partial charge in [0.25, 0.3) is 0 Å². The van der Waals surface area contributed by atoms with E-state index < -0.39 is 5.97 Å². The monoisotopic (exact) mass is 314 g/mol. The summed E-state index contributed by atoms with van der Waals surface area (Å²) >= 11 is 0. The van der Waals surface area contributed by atoms with E-state index in [9.17, 15) is 9.59 Å². The standard InChI is InChI=1S/C12H10N8O3/c21-11(5-8-3-1-2-4-13-8)14-10-7-20(18-16-10)19-6-9(12(22)23)15-17-19/h1-4,6-7H,5H2,(H,14,21)(H,22,23). The van der Waals surface area contributed by atoms with Gasteiger partial charge < -0.3 is 10.4 Å². The molecular formula is C12H10N8O3. The van der Waals surface area contributed by atoms with Crippen LogP contribution < -0.4 is 5.32 Å². The van der Waals surface area contributed by atoms with Crippen molar-refractivity contribution in [3.05, 3.63) is 48.2 Å². The number of anilines is 1. The van der Waals surface area contributed by atoms with Crippen molar-refractivity contribution in [2.75, 3.05) is 5.32 Å². The van der Waals surface area contributed by atoms with E-state index in [-0.39, 0.29) is 23.8 Å². The molecule has 0 radical (unpaired) electrons. The summed E-state index contributed by atoms with van der Waals surface area (Å²) in [5.41, 5.74) is 0.390. The van der Waals surface area contributed by atoms with Crippen LogP contribution in [0.25, 0.3) is 0 Å². The number of hydrogen-bond donors (Lipinski definition) is 2. The normalized spacial score (nSPS) is 10.4. The molecule has 3 rings (SSSR count). The lowest BCUT2D eigenvalue weighted by Crippen LogP contribution is -2.15. The number of hydrogen-bond acceptors (Lipinski definition) is 7. The molecule has 0 unspecified atom stereocenters. The number of nitrogens with zero attached hydrogens (tertiary/aromatic N) is 7.